The normalized spacial score (nSPS) is 16.8. The summed E-state index contributed by atoms with van der Waals surface area (Å²) in [7, 11) is 0. The lowest BCUT2D eigenvalue weighted by molar-refractivity contribution is -0.774. The molecule has 4 heteroatoms. The molecule has 2 aromatic carbocycles. The minimum Gasteiger partial charge on any atom is -0.456 e. The van der Waals surface area contributed by atoms with E-state index in [1.165, 1.54) is 16.3 Å². The van der Waals surface area contributed by atoms with Gasteiger partial charge in [0.05, 0.1) is 0 Å². The predicted molar refractivity (Wildman–Crippen MR) is 74.9 cm³/mol. The van der Waals surface area contributed by atoms with Crippen molar-refractivity contribution in [3.63, 3.8) is 0 Å². The van der Waals surface area contributed by atoms with Crippen molar-refractivity contribution in [3.05, 3.63) is 54.4 Å². The van der Waals surface area contributed by atoms with Crippen LogP contribution in [0.1, 0.15) is 18.5 Å². The van der Waals surface area contributed by atoms with E-state index in [9.17, 15) is 0 Å². The van der Waals surface area contributed by atoms with Crippen LogP contribution in [0.5, 0.6) is 0 Å². The van der Waals surface area contributed by atoms with Crippen molar-refractivity contribution in [1.82, 2.24) is 9.90 Å². The Hall–Kier alpha value is -2.62. The molecule has 0 bridgehead atoms. The standard InChI is InChI=1S/C16H12N3O/c1-10-12-8-13-11-4-2-3-5-15(11)20-16(13)9-14(12)19-17-6-7-18(10)19/h2-10H,1H3/q+1. The van der Waals surface area contributed by atoms with Crippen molar-refractivity contribution in [3.8, 4) is 5.69 Å². The number of hydrogen-bond donors (Lipinski definition) is 0. The molecule has 0 N–H and O–H groups in total. The highest BCUT2D eigenvalue weighted by Gasteiger charge is 2.32. The summed E-state index contributed by atoms with van der Waals surface area (Å²) in [5.74, 6) is 0. The van der Waals surface area contributed by atoms with E-state index in [0.717, 1.165) is 16.9 Å². The van der Waals surface area contributed by atoms with Crippen LogP contribution in [0.15, 0.2) is 53.2 Å². The van der Waals surface area contributed by atoms with Gasteiger partial charge >= 0.3 is 0 Å². The van der Waals surface area contributed by atoms with E-state index >= 15 is 0 Å². The molecule has 1 aliphatic rings. The maximum atomic E-state index is 5.95. The third kappa shape index (κ3) is 1.08. The molecule has 0 saturated heterocycles. The van der Waals surface area contributed by atoms with E-state index in [2.05, 4.69) is 34.9 Å². The average Bonchev–Trinajstić information content (AvgIpc) is 3.13. The number of fused-ring (bicyclic) bond motifs is 6. The zero-order chi connectivity index (χ0) is 13.3. The fourth-order valence-electron chi connectivity index (χ4n) is 3.19. The van der Waals surface area contributed by atoms with Crippen LogP contribution in [0.25, 0.3) is 27.6 Å². The molecule has 20 heavy (non-hydrogen) atoms. The molecule has 0 radical (unpaired) electrons. The topological polar surface area (TPSA) is 34.8 Å². The first-order valence-electron chi connectivity index (χ1n) is 6.74. The molecule has 4 aromatic rings. The number of furan rings is 1. The number of para-hydroxylation sites is 1. The Kier molecular flexibility index (Phi) is 1.67. The summed E-state index contributed by atoms with van der Waals surface area (Å²) >= 11 is 0. The minimum atomic E-state index is 0.297. The van der Waals surface area contributed by atoms with Crippen molar-refractivity contribution < 1.29 is 9.10 Å². The van der Waals surface area contributed by atoms with Crippen LogP contribution in [0.2, 0.25) is 0 Å². The summed E-state index contributed by atoms with van der Waals surface area (Å²) < 4.78 is 8.08. The van der Waals surface area contributed by atoms with E-state index in [0.29, 0.717) is 6.04 Å². The van der Waals surface area contributed by atoms with Crippen molar-refractivity contribution in [2.24, 2.45) is 0 Å². The first-order valence-corrected chi connectivity index (χ1v) is 6.74. The Balaban J connectivity index is 1.94. The van der Waals surface area contributed by atoms with Gasteiger partial charge in [0.2, 0.25) is 6.20 Å². The smallest absolute Gasteiger partial charge is 0.206 e. The second-order valence-corrected chi connectivity index (χ2v) is 5.26. The number of benzene rings is 2. The maximum Gasteiger partial charge on any atom is 0.206 e. The van der Waals surface area contributed by atoms with Crippen LogP contribution in [0.4, 0.5) is 0 Å². The number of nitrogens with zero attached hydrogens (tertiary/aromatic N) is 3. The SMILES string of the molecule is CC1c2cc3c(cc2-n2ncc[n+]21)oc1ccccc13. The Labute approximate surface area is 114 Å². The Morgan fingerprint density at radius 1 is 1.15 bits per heavy atom. The average molecular weight is 262 g/mol. The monoisotopic (exact) mass is 262 g/mol. The van der Waals surface area contributed by atoms with Crippen molar-refractivity contribution in [2.45, 2.75) is 13.0 Å². The van der Waals surface area contributed by atoms with Gasteiger partial charge in [-0.15, -0.1) is 4.68 Å². The van der Waals surface area contributed by atoms with Crippen molar-refractivity contribution in [2.75, 3.05) is 0 Å². The third-order valence-corrected chi connectivity index (χ3v) is 4.20. The highest BCUT2D eigenvalue weighted by molar-refractivity contribution is 6.05. The summed E-state index contributed by atoms with van der Waals surface area (Å²) in [5, 5.41) is 6.74. The molecule has 4 nitrogen and oxygen atoms in total. The van der Waals surface area contributed by atoms with E-state index in [1.54, 1.807) is 0 Å². The molecular weight excluding hydrogens is 250 g/mol. The van der Waals surface area contributed by atoms with Gasteiger partial charge in [-0.25, -0.2) is 0 Å². The molecule has 96 valence electrons. The number of rotatable bonds is 0. The lowest BCUT2D eigenvalue weighted by Crippen LogP contribution is -2.40. The Morgan fingerprint density at radius 2 is 2.05 bits per heavy atom. The van der Waals surface area contributed by atoms with Crippen LogP contribution in [0, 0.1) is 0 Å². The van der Waals surface area contributed by atoms with Crippen LogP contribution >= 0.6 is 0 Å². The Morgan fingerprint density at radius 3 is 3.00 bits per heavy atom. The zero-order valence-electron chi connectivity index (χ0n) is 10.9. The van der Waals surface area contributed by atoms with Gasteiger partial charge in [-0.2, -0.15) is 0 Å². The van der Waals surface area contributed by atoms with E-state index in [1.807, 2.05) is 35.4 Å². The van der Waals surface area contributed by atoms with Gasteiger partial charge in [0.1, 0.15) is 22.9 Å². The first kappa shape index (κ1) is 10.2. The van der Waals surface area contributed by atoms with Gasteiger partial charge in [-0.1, -0.05) is 18.2 Å². The second kappa shape index (κ2) is 3.28. The van der Waals surface area contributed by atoms with Crippen LogP contribution < -0.4 is 4.68 Å². The van der Waals surface area contributed by atoms with Gasteiger partial charge in [0.25, 0.3) is 0 Å². The van der Waals surface area contributed by atoms with E-state index in [-0.39, 0.29) is 0 Å². The van der Waals surface area contributed by atoms with Crippen LogP contribution in [-0.2, 0) is 0 Å². The van der Waals surface area contributed by atoms with Crippen molar-refractivity contribution >= 4 is 21.9 Å². The lowest BCUT2D eigenvalue weighted by Gasteiger charge is -1.99. The molecule has 1 atom stereocenters. The van der Waals surface area contributed by atoms with Gasteiger partial charge in [-0.05, 0) is 23.9 Å². The largest absolute Gasteiger partial charge is 0.456 e. The number of aromatic nitrogens is 3. The quantitative estimate of drug-likeness (QED) is 0.457. The molecule has 5 rings (SSSR count). The molecular formula is C16H12N3O+. The molecule has 0 saturated carbocycles. The fraction of sp³-hybridized carbons (Fsp3) is 0.125. The zero-order valence-corrected chi connectivity index (χ0v) is 10.9. The van der Waals surface area contributed by atoms with Gasteiger partial charge in [-0.3, -0.25) is 0 Å². The molecule has 2 aromatic heterocycles. The lowest BCUT2D eigenvalue weighted by atomic mass is 10.0. The van der Waals surface area contributed by atoms with Gasteiger partial charge < -0.3 is 4.42 Å². The summed E-state index contributed by atoms with van der Waals surface area (Å²) in [6, 6.07) is 12.8. The molecule has 3 heterocycles. The Bertz CT molecular complexity index is 980. The molecule has 1 unspecified atom stereocenters. The molecule has 0 fully saturated rings. The fourth-order valence-corrected chi connectivity index (χ4v) is 3.19. The van der Waals surface area contributed by atoms with Crippen LogP contribution in [-0.4, -0.2) is 9.90 Å². The summed E-state index contributed by atoms with van der Waals surface area (Å²) in [6.45, 7) is 2.19. The molecule has 0 spiro atoms. The summed E-state index contributed by atoms with van der Waals surface area (Å²) in [4.78, 5) is 1.94. The van der Waals surface area contributed by atoms with Gasteiger partial charge in [0.15, 0.2) is 6.20 Å². The van der Waals surface area contributed by atoms with Gasteiger partial charge in [0, 0.05) is 27.5 Å². The highest BCUT2D eigenvalue weighted by atomic mass is 16.3. The van der Waals surface area contributed by atoms with Crippen LogP contribution in [0.3, 0.4) is 0 Å². The van der Waals surface area contributed by atoms with E-state index < -0.39 is 0 Å². The maximum absolute atomic E-state index is 5.95. The minimum absolute atomic E-state index is 0.297. The third-order valence-electron chi connectivity index (χ3n) is 4.20. The van der Waals surface area contributed by atoms with E-state index in [4.69, 9.17) is 4.42 Å². The predicted octanol–water partition coefficient (Wildman–Crippen LogP) is 2.98. The second-order valence-electron chi connectivity index (χ2n) is 5.26. The first-order chi connectivity index (χ1) is 9.83. The summed E-state index contributed by atoms with van der Waals surface area (Å²) in [6.07, 6.45) is 3.83. The highest BCUT2D eigenvalue weighted by Crippen LogP contribution is 2.35. The van der Waals surface area contributed by atoms with Crippen molar-refractivity contribution in [1.29, 1.82) is 0 Å². The molecule has 0 amide bonds. The molecule has 0 aliphatic carbocycles. The molecule has 1 aliphatic heterocycles. The summed E-state index contributed by atoms with van der Waals surface area (Å²) in [5.41, 5.74) is 4.25. The number of hydrogen-bond acceptors (Lipinski definition) is 2.